The lowest BCUT2D eigenvalue weighted by Crippen LogP contribution is -2.01. The van der Waals surface area contributed by atoms with Gasteiger partial charge < -0.3 is 4.52 Å². The van der Waals surface area contributed by atoms with Gasteiger partial charge in [-0.25, -0.2) is 4.68 Å². The summed E-state index contributed by atoms with van der Waals surface area (Å²) >= 11 is 3.32. The molecule has 7 heteroatoms. The topological polar surface area (TPSA) is 69.6 Å². The van der Waals surface area contributed by atoms with Gasteiger partial charge in [0, 0.05) is 17.9 Å². The first kappa shape index (κ1) is 12.2. The fraction of sp³-hybridized carbons (Fsp3) is 0.600. The molecule has 6 nitrogen and oxygen atoms in total. The smallest absolute Gasteiger partial charge is 0.248 e. The first-order chi connectivity index (χ1) is 8.17. The first-order valence-electron chi connectivity index (χ1n) is 5.44. The molecule has 0 saturated carbocycles. The molecule has 0 unspecified atom stereocenters. The highest BCUT2D eigenvalue weighted by Crippen LogP contribution is 2.06. The molecule has 2 rings (SSSR count). The Labute approximate surface area is 108 Å². The maximum absolute atomic E-state index is 5.15. The van der Waals surface area contributed by atoms with Gasteiger partial charge in [-0.05, 0) is 5.92 Å². The van der Waals surface area contributed by atoms with E-state index in [-0.39, 0.29) is 0 Å². The van der Waals surface area contributed by atoms with E-state index in [0.29, 0.717) is 23.7 Å². The second kappa shape index (κ2) is 5.39. The second-order valence-electron chi connectivity index (χ2n) is 4.24. The normalized spacial score (nSPS) is 11.3. The van der Waals surface area contributed by atoms with E-state index in [1.807, 2.05) is 6.20 Å². The molecular weight excluding hydrogens is 286 g/mol. The Hall–Kier alpha value is -1.24. The van der Waals surface area contributed by atoms with Crippen LogP contribution < -0.4 is 0 Å². The average molecular weight is 300 g/mol. The van der Waals surface area contributed by atoms with Crippen LogP contribution in [-0.4, -0.2) is 25.1 Å². The Balaban J connectivity index is 2.01. The minimum atomic E-state index is 0.463. The largest absolute Gasteiger partial charge is 0.337 e. The highest BCUT2D eigenvalue weighted by atomic mass is 79.9. The van der Waals surface area contributed by atoms with Gasteiger partial charge in [0.2, 0.25) is 5.89 Å². The van der Waals surface area contributed by atoms with Crippen molar-refractivity contribution in [2.45, 2.75) is 32.1 Å². The monoisotopic (exact) mass is 299 g/mol. The predicted molar refractivity (Wildman–Crippen MR) is 64.6 cm³/mol. The van der Waals surface area contributed by atoms with Gasteiger partial charge in [0.25, 0.3) is 0 Å². The summed E-state index contributed by atoms with van der Waals surface area (Å²) in [5, 5.41) is 12.5. The van der Waals surface area contributed by atoms with Crippen LogP contribution in [0.1, 0.15) is 31.3 Å². The molecule has 17 heavy (non-hydrogen) atoms. The van der Waals surface area contributed by atoms with Gasteiger partial charge >= 0.3 is 0 Å². The van der Waals surface area contributed by atoms with Crippen LogP contribution in [-0.2, 0) is 18.3 Å². The molecule has 0 amide bonds. The lowest BCUT2D eigenvalue weighted by Gasteiger charge is -1.96. The molecule has 2 aromatic rings. The lowest BCUT2D eigenvalue weighted by molar-refractivity contribution is 0.358. The Morgan fingerprint density at radius 2 is 2.29 bits per heavy atom. The Bertz CT molecular complexity index is 479. The van der Waals surface area contributed by atoms with Crippen LogP contribution in [0.3, 0.4) is 0 Å². The lowest BCUT2D eigenvalue weighted by atomic mass is 10.1. The van der Waals surface area contributed by atoms with Crippen molar-refractivity contribution in [2.24, 2.45) is 5.92 Å². The summed E-state index contributed by atoms with van der Waals surface area (Å²) < 4.78 is 6.83. The summed E-state index contributed by atoms with van der Waals surface area (Å²) in [6.07, 6.45) is 2.68. The van der Waals surface area contributed by atoms with Crippen LogP contribution in [0.25, 0.3) is 0 Å². The number of hydrogen-bond donors (Lipinski definition) is 0. The molecule has 0 aliphatic carbocycles. The summed E-state index contributed by atoms with van der Waals surface area (Å²) in [7, 11) is 0. The number of halogens is 1. The van der Waals surface area contributed by atoms with Gasteiger partial charge in [-0.1, -0.05) is 40.1 Å². The maximum atomic E-state index is 5.15. The molecule has 0 aliphatic heterocycles. The average Bonchev–Trinajstić information content (AvgIpc) is 2.88. The maximum Gasteiger partial charge on any atom is 0.248 e. The van der Waals surface area contributed by atoms with E-state index in [9.17, 15) is 0 Å². The number of aromatic nitrogens is 5. The van der Waals surface area contributed by atoms with Crippen molar-refractivity contribution in [3.8, 4) is 0 Å². The minimum Gasteiger partial charge on any atom is -0.337 e. The molecule has 0 saturated heterocycles. The quantitative estimate of drug-likeness (QED) is 0.788. The molecule has 2 heterocycles. The molecule has 0 aromatic carbocycles. The van der Waals surface area contributed by atoms with E-state index >= 15 is 0 Å². The molecule has 0 fully saturated rings. The van der Waals surface area contributed by atoms with Crippen LogP contribution >= 0.6 is 15.9 Å². The molecule has 0 aliphatic rings. The van der Waals surface area contributed by atoms with Gasteiger partial charge in [0.1, 0.15) is 6.54 Å². The van der Waals surface area contributed by atoms with E-state index in [1.165, 1.54) is 0 Å². The van der Waals surface area contributed by atoms with Crippen LogP contribution in [0, 0.1) is 5.92 Å². The van der Waals surface area contributed by atoms with Crippen molar-refractivity contribution in [3.63, 3.8) is 0 Å². The fourth-order valence-corrected chi connectivity index (χ4v) is 1.67. The minimum absolute atomic E-state index is 0.463. The predicted octanol–water partition coefficient (Wildman–Crippen LogP) is 1.80. The van der Waals surface area contributed by atoms with Crippen molar-refractivity contribution >= 4 is 15.9 Å². The molecule has 92 valence electrons. The van der Waals surface area contributed by atoms with Gasteiger partial charge in [-0.2, -0.15) is 4.98 Å². The SMILES string of the molecule is CC(C)Cc1noc(Cn2cc(CBr)nn2)n1. The fourth-order valence-electron chi connectivity index (χ4n) is 1.42. The van der Waals surface area contributed by atoms with Crippen LogP contribution in [0.5, 0.6) is 0 Å². The molecule has 0 spiro atoms. The van der Waals surface area contributed by atoms with Gasteiger partial charge in [0.15, 0.2) is 5.82 Å². The number of alkyl halides is 1. The van der Waals surface area contributed by atoms with Crippen LogP contribution in [0.2, 0.25) is 0 Å². The van der Waals surface area contributed by atoms with Crippen molar-refractivity contribution in [1.82, 2.24) is 25.1 Å². The zero-order chi connectivity index (χ0) is 12.3. The third-order valence-electron chi connectivity index (χ3n) is 2.12. The van der Waals surface area contributed by atoms with E-state index in [4.69, 9.17) is 4.52 Å². The third-order valence-corrected chi connectivity index (χ3v) is 2.70. The Morgan fingerprint density at radius 1 is 1.47 bits per heavy atom. The Morgan fingerprint density at radius 3 is 2.94 bits per heavy atom. The molecule has 0 bridgehead atoms. The molecule has 2 aromatic heterocycles. The zero-order valence-electron chi connectivity index (χ0n) is 9.80. The summed E-state index contributed by atoms with van der Waals surface area (Å²) in [5.41, 5.74) is 0.881. The van der Waals surface area contributed by atoms with Gasteiger partial charge in [-0.3, -0.25) is 0 Å². The van der Waals surface area contributed by atoms with Gasteiger partial charge in [0.05, 0.1) is 5.69 Å². The van der Waals surface area contributed by atoms with E-state index in [2.05, 4.69) is 50.2 Å². The van der Waals surface area contributed by atoms with Crippen molar-refractivity contribution in [3.05, 3.63) is 23.6 Å². The number of hydrogen-bond acceptors (Lipinski definition) is 5. The van der Waals surface area contributed by atoms with E-state index in [1.54, 1.807) is 4.68 Å². The highest BCUT2D eigenvalue weighted by molar-refractivity contribution is 9.08. The second-order valence-corrected chi connectivity index (χ2v) is 4.80. The molecule has 0 radical (unpaired) electrons. The van der Waals surface area contributed by atoms with Crippen LogP contribution in [0.15, 0.2) is 10.7 Å². The van der Waals surface area contributed by atoms with Crippen molar-refractivity contribution in [2.75, 3.05) is 0 Å². The standard InChI is InChI=1S/C10H14BrN5O/c1-7(2)3-9-12-10(17-14-9)6-16-5-8(4-11)13-15-16/h5,7H,3-4,6H2,1-2H3. The van der Waals surface area contributed by atoms with Crippen LogP contribution in [0.4, 0.5) is 0 Å². The van der Waals surface area contributed by atoms with E-state index in [0.717, 1.165) is 17.9 Å². The number of rotatable bonds is 5. The van der Waals surface area contributed by atoms with E-state index < -0.39 is 0 Å². The van der Waals surface area contributed by atoms with Crippen molar-refractivity contribution in [1.29, 1.82) is 0 Å². The molecular formula is C10H14BrN5O. The summed E-state index contributed by atoms with van der Waals surface area (Å²) in [5.74, 6) is 1.83. The molecule has 0 N–H and O–H groups in total. The zero-order valence-corrected chi connectivity index (χ0v) is 11.4. The first-order valence-corrected chi connectivity index (χ1v) is 6.56. The molecule has 0 atom stereocenters. The van der Waals surface area contributed by atoms with Crippen molar-refractivity contribution < 1.29 is 4.52 Å². The van der Waals surface area contributed by atoms with Gasteiger partial charge in [-0.15, -0.1) is 5.10 Å². The highest BCUT2D eigenvalue weighted by Gasteiger charge is 2.09. The number of nitrogens with zero attached hydrogens (tertiary/aromatic N) is 5. The summed E-state index contributed by atoms with van der Waals surface area (Å²) in [6, 6.07) is 0. The summed E-state index contributed by atoms with van der Waals surface area (Å²) in [4.78, 5) is 4.30. The summed E-state index contributed by atoms with van der Waals surface area (Å²) in [6.45, 7) is 4.70. The third kappa shape index (κ3) is 3.36. The Kier molecular flexibility index (Phi) is 3.88.